The number of hydrogen-bond acceptors (Lipinski definition) is 1. The van der Waals surface area contributed by atoms with E-state index in [1.807, 2.05) is 0 Å². The lowest BCUT2D eigenvalue weighted by Crippen LogP contribution is -2.25. The fourth-order valence-electron chi connectivity index (χ4n) is 2.54. The minimum absolute atomic E-state index is 0.273. The summed E-state index contributed by atoms with van der Waals surface area (Å²) in [7, 11) is 0. The maximum absolute atomic E-state index is 12.9. The molecule has 3 unspecified atom stereocenters. The van der Waals surface area contributed by atoms with Gasteiger partial charge in [-0.15, -0.1) is 0 Å². The Morgan fingerprint density at radius 1 is 1.44 bits per heavy atom. The first-order chi connectivity index (χ1) is 7.58. The average Bonchev–Trinajstić information content (AvgIpc) is 2.54. The van der Waals surface area contributed by atoms with Gasteiger partial charge in [0.1, 0.15) is 5.82 Å². The lowest BCUT2D eigenvalue weighted by molar-refractivity contribution is 0.390. The van der Waals surface area contributed by atoms with Crippen molar-refractivity contribution < 1.29 is 4.39 Å². The number of hydrogen-bond donors (Lipinski definition) is 1. The van der Waals surface area contributed by atoms with Crippen LogP contribution in [0.25, 0.3) is 0 Å². The molecule has 0 spiro atoms. The molecular weight excluding hydrogens is 225 g/mol. The van der Waals surface area contributed by atoms with Crippen molar-refractivity contribution in [2.24, 2.45) is 17.6 Å². The first-order valence-electron chi connectivity index (χ1n) is 5.77. The van der Waals surface area contributed by atoms with Crippen LogP contribution in [-0.4, -0.2) is 6.04 Å². The van der Waals surface area contributed by atoms with Crippen molar-refractivity contribution in [1.82, 2.24) is 0 Å². The van der Waals surface area contributed by atoms with Crippen LogP contribution < -0.4 is 5.73 Å². The Kier molecular flexibility index (Phi) is 3.50. The molecule has 1 aromatic rings. The second-order valence-electron chi connectivity index (χ2n) is 4.80. The van der Waals surface area contributed by atoms with Crippen molar-refractivity contribution in [2.75, 3.05) is 0 Å². The zero-order chi connectivity index (χ0) is 11.7. The third-order valence-corrected chi connectivity index (χ3v) is 4.14. The van der Waals surface area contributed by atoms with Crippen LogP contribution in [-0.2, 0) is 6.42 Å². The summed E-state index contributed by atoms with van der Waals surface area (Å²) >= 11 is 6.02. The maximum atomic E-state index is 12.9. The second kappa shape index (κ2) is 4.72. The summed E-state index contributed by atoms with van der Waals surface area (Å²) in [6.45, 7) is 2.19. The Balaban J connectivity index is 2.09. The number of nitrogens with two attached hydrogens (primary N) is 1. The first-order valence-corrected chi connectivity index (χ1v) is 6.15. The van der Waals surface area contributed by atoms with Crippen LogP contribution in [0.4, 0.5) is 4.39 Å². The van der Waals surface area contributed by atoms with Gasteiger partial charge in [-0.25, -0.2) is 4.39 Å². The predicted octanol–water partition coefficient (Wildman–Crippen LogP) is 3.40. The molecule has 0 aromatic heterocycles. The van der Waals surface area contributed by atoms with Gasteiger partial charge in [0.15, 0.2) is 0 Å². The largest absolute Gasteiger partial charge is 0.327 e. The molecule has 0 saturated heterocycles. The quantitative estimate of drug-likeness (QED) is 0.844. The lowest BCUT2D eigenvalue weighted by Gasteiger charge is -2.18. The van der Waals surface area contributed by atoms with Gasteiger partial charge in [-0.05, 0) is 48.8 Å². The molecule has 1 saturated carbocycles. The molecule has 3 heteroatoms. The van der Waals surface area contributed by atoms with Crippen molar-refractivity contribution in [2.45, 2.75) is 32.2 Å². The van der Waals surface area contributed by atoms with Crippen LogP contribution in [0.2, 0.25) is 5.02 Å². The van der Waals surface area contributed by atoms with Crippen molar-refractivity contribution in [1.29, 1.82) is 0 Å². The SMILES string of the molecule is CC1C(N)CCC1Cc1ccc(F)cc1Cl. The molecule has 1 aliphatic carbocycles. The van der Waals surface area contributed by atoms with Gasteiger partial charge in [0.05, 0.1) is 0 Å². The normalized spacial score (nSPS) is 29.6. The van der Waals surface area contributed by atoms with Gasteiger partial charge >= 0.3 is 0 Å². The van der Waals surface area contributed by atoms with Crippen LogP contribution in [0.5, 0.6) is 0 Å². The fourth-order valence-corrected chi connectivity index (χ4v) is 2.78. The van der Waals surface area contributed by atoms with Crippen LogP contribution in [0.1, 0.15) is 25.3 Å². The van der Waals surface area contributed by atoms with Gasteiger partial charge in [-0.1, -0.05) is 24.6 Å². The monoisotopic (exact) mass is 241 g/mol. The average molecular weight is 242 g/mol. The molecule has 1 nitrogen and oxygen atoms in total. The smallest absolute Gasteiger partial charge is 0.124 e. The van der Waals surface area contributed by atoms with E-state index in [1.165, 1.54) is 12.1 Å². The van der Waals surface area contributed by atoms with E-state index >= 15 is 0 Å². The second-order valence-corrected chi connectivity index (χ2v) is 5.21. The Hall–Kier alpha value is -0.600. The summed E-state index contributed by atoms with van der Waals surface area (Å²) in [6, 6.07) is 4.95. The van der Waals surface area contributed by atoms with E-state index in [4.69, 9.17) is 17.3 Å². The highest BCUT2D eigenvalue weighted by Crippen LogP contribution is 2.34. The number of rotatable bonds is 2. The molecule has 3 atom stereocenters. The van der Waals surface area contributed by atoms with Crippen LogP contribution in [0.15, 0.2) is 18.2 Å². The van der Waals surface area contributed by atoms with Crippen molar-refractivity contribution in [3.8, 4) is 0 Å². The summed E-state index contributed by atoms with van der Waals surface area (Å²) in [4.78, 5) is 0. The molecule has 0 radical (unpaired) electrons. The van der Waals surface area contributed by atoms with Gasteiger partial charge in [0.25, 0.3) is 0 Å². The topological polar surface area (TPSA) is 26.0 Å². The zero-order valence-electron chi connectivity index (χ0n) is 9.42. The third kappa shape index (κ3) is 2.38. The van der Waals surface area contributed by atoms with E-state index in [2.05, 4.69) is 6.92 Å². The third-order valence-electron chi connectivity index (χ3n) is 3.79. The van der Waals surface area contributed by atoms with Gasteiger partial charge in [0, 0.05) is 11.1 Å². The predicted molar refractivity (Wildman–Crippen MR) is 65.0 cm³/mol. The number of halogens is 2. The zero-order valence-corrected chi connectivity index (χ0v) is 10.2. The van der Waals surface area contributed by atoms with Crippen LogP contribution in [0, 0.1) is 17.7 Å². The van der Waals surface area contributed by atoms with Crippen molar-refractivity contribution in [3.05, 3.63) is 34.6 Å². The lowest BCUT2D eigenvalue weighted by atomic mass is 9.90. The van der Waals surface area contributed by atoms with E-state index in [1.54, 1.807) is 6.07 Å². The summed E-state index contributed by atoms with van der Waals surface area (Å²) in [5.74, 6) is 0.837. The van der Waals surface area contributed by atoms with E-state index in [9.17, 15) is 4.39 Å². The van der Waals surface area contributed by atoms with E-state index in [0.717, 1.165) is 24.8 Å². The van der Waals surface area contributed by atoms with Gasteiger partial charge in [0.2, 0.25) is 0 Å². The minimum Gasteiger partial charge on any atom is -0.327 e. The molecule has 1 fully saturated rings. The molecule has 1 aromatic carbocycles. The number of benzene rings is 1. The summed E-state index contributed by atoms with van der Waals surface area (Å²) in [6.07, 6.45) is 3.15. The van der Waals surface area contributed by atoms with Gasteiger partial charge < -0.3 is 5.73 Å². The molecule has 16 heavy (non-hydrogen) atoms. The Morgan fingerprint density at radius 3 is 2.75 bits per heavy atom. The molecule has 0 heterocycles. The van der Waals surface area contributed by atoms with Crippen LogP contribution >= 0.6 is 11.6 Å². The highest BCUT2D eigenvalue weighted by atomic mass is 35.5. The summed E-state index contributed by atoms with van der Waals surface area (Å²) in [5.41, 5.74) is 7.03. The summed E-state index contributed by atoms with van der Waals surface area (Å²) < 4.78 is 12.9. The van der Waals surface area contributed by atoms with E-state index < -0.39 is 0 Å². The standard InChI is InChI=1S/C13H17ClFN/c1-8-9(3-5-13(8)16)6-10-2-4-11(15)7-12(10)14/h2,4,7-9,13H,3,5-6,16H2,1H3. The molecule has 88 valence electrons. The molecule has 2 rings (SSSR count). The van der Waals surface area contributed by atoms with Gasteiger partial charge in [-0.3, -0.25) is 0 Å². The van der Waals surface area contributed by atoms with Crippen LogP contribution in [0.3, 0.4) is 0 Å². The molecule has 0 amide bonds. The Labute approximate surface area is 101 Å². The molecule has 1 aliphatic rings. The summed E-state index contributed by atoms with van der Waals surface area (Å²) in [5, 5.41) is 0.535. The Morgan fingerprint density at radius 2 is 2.19 bits per heavy atom. The molecule has 0 bridgehead atoms. The van der Waals surface area contributed by atoms with Gasteiger partial charge in [-0.2, -0.15) is 0 Å². The van der Waals surface area contributed by atoms with Crippen molar-refractivity contribution >= 4 is 11.6 Å². The van der Waals surface area contributed by atoms with E-state index in [-0.39, 0.29) is 5.82 Å². The molecule has 0 aliphatic heterocycles. The molecule has 2 N–H and O–H groups in total. The highest BCUT2D eigenvalue weighted by molar-refractivity contribution is 6.31. The van der Waals surface area contributed by atoms with Crippen molar-refractivity contribution in [3.63, 3.8) is 0 Å². The molecular formula is C13H17ClFN. The highest BCUT2D eigenvalue weighted by Gasteiger charge is 2.30. The van der Waals surface area contributed by atoms with E-state index in [0.29, 0.717) is 22.9 Å². The fraction of sp³-hybridized carbons (Fsp3) is 0.538. The minimum atomic E-state index is -0.273. The maximum Gasteiger partial charge on any atom is 0.124 e. The Bertz CT molecular complexity index is 380. The first kappa shape index (κ1) is 11.9.